The summed E-state index contributed by atoms with van der Waals surface area (Å²) in [5.41, 5.74) is 13.9. The number of aromatic nitrogens is 3. The van der Waals surface area contributed by atoms with Crippen LogP contribution >= 0.6 is 0 Å². The molecule has 0 bridgehead atoms. The minimum absolute atomic E-state index is 0.333. The number of methoxy groups -OCH3 is 1. The predicted octanol–water partition coefficient (Wildman–Crippen LogP) is 12.8. The van der Waals surface area contributed by atoms with Crippen LogP contribution in [0.1, 0.15) is 38.2 Å². The van der Waals surface area contributed by atoms with Crippen LogP contribution in [0.5, 0.6) is 0 Å². The van der Waals surface area contributed by atoms with Crippen molar-refractivity contribution < 1.29 is 22.8 Å². The first-order chi connectivity index (χ1) is 28.3. The molecule has 3 aromatic heterocycles. The number of esters is 1. The number of benzene rings is 7. The van der Waals surface area contributed by atoms with Crippen LogP contribution in [0.15, 0.2) is 153 Å². The third-order valence-corrected chi connectivity index (χ3v) is 9.97. The summed E-state index contributed by atoms with van der Waals surface area (Å²) in [6, 6.07) is 45.7. The summed E-state index contributed by atoms with van der Waals surface area (Å²) >= 11 is 0. The van der Waals surface area contributed by atoms with Crippen molar-refractivity contribution in [3.63, 3.8) is 0 Å². The van der Waals surface area contributed by atoms with E-state index in [1.807, 2.05) is 134 Å². The van der Waals surface area contributed by atoms with Gasteiger partial charge in [0.1, 0.15) is 16.6 Å². The number of aryl methyl sites for hydroxylation is 3. The van der Waals surface area contributed by atoms with Gasteiger partial charge < -0.3 is 18.0 Å². The topological polar surface area (TPSA) is 104 Å². The summed E-state index contributed by atoms with van der Waals surface area (Å²) in [6.07, 6.45) is 4.02. The fourth-order valence-electron chi connectivity index (χ4n) is 6.92. The van der Waals surface area contributed by atoms with Gasteiger partial charge in [-0.3, -0.25) is 0 Å². The van der Waals surface area contributed by atoms with Gasteiger partial charge in [0.2, 0.25) is 17.7 Å². The molecule has 0 saturated heterocycles. The fourth-order valence-corrected chi connectivity index (χ4v) is 6.92. The minimum Gasteiger partial charge on any atom is -0.465 e. The molecule has 0 aliphatic rings. The van der Waals surface area contributed by atoms with E-state index < -0.39 is 0 Å². The molecule has 0 amide bonds. The van der Waals surface area contributed by atoms with Crippen molar-refractivity contribution in [2.45, 2.75) is 20.8 Å². The molecule has 0 aliphatic heterocycles. The van der Waals surface area contributed by atoms with Gasteiger partial charge in [-0.2, -0.15) is 0 Å². The van der Waals surface area contributed by atoms with Gasteiger partial charge in [-0.05, 0) is 132 Å². The van der Waals surface area contributed by atoms with E-state index >= 15 is 0 Å². The zero-order chi connectivity index (χ0) is 39.8. The highest BCUT2D eigenvalue weighted by Gasteiger charge is 2.17. The van der Waals surface area contributed by atoms with E-state index in [9.17, 15) is 4.79 Å². The maximum absolute atomic E-state index is 11.5. The molecule has 0 aliphatic carbocycles. The summed E-state index contributed by atoms with van der Waals surface area (Å²) in [4.78, 5) is 25.5. The molecule has 58 heavy (non-hydrogen) atoms. The van der Waals surface area contributed by atoms with Crippen LogP contribution in [0.4, 0.5) is 0 Å². The number of oxazole rings is 3. The van der Waals surface area contributed by atoms with Gasteiger partial charge in [0, 0.05) is 16.7 Å². The van der Waals surface area contributed by atoms with E-state index in [0.717, 1.165) is 88.6 Å². The number of nitrogens with zero attached hydrogens (tertiary/aromatic N) is 3. The van der Waals surface area contributed by atoms with Gasteiger partial charge >= 0.3 is 5.97 Å². The molecule has 0 saturated carbocycles. The van der Waals surface area contributed by atoms with Crippen LogP contribution in [0.25, 0.3) is 90.6 Å². The Morgan fingerprint density at radius 1 is 0.500 bits per heavy atom. The number of hydrogen-bond acceptors (Lipinski definition) is 8. The predicted molar refractivity (Wildman–Crippen MR) is 230 cm³/mol. The molecule has 0 radical (unpaired) electrons. The average molecular weight is 760 g/mol. The van der Waals surface area contributed by atoms with Crippen molar-refractivity contribution in [1.82, 2.24) is 15.0 Å². The Hall–Kier alpha value is -7.58. The van der Waals surface area contributed by atoms with Gasteiger partial charge in [0.15, 0.2) is 16.7 Å². The van der Waals surface area contributed by atoms with Crippen molar-refractivity contribution in [1.29, 1.82) is 0 Å². The van der Waals surface area contributed by atoms with E-state index in [4.69, 9.17) is 28.0 Å². The van der Waals surface area contributed by atoms with E-state index in [1.165, 1.54) is 7.11 Å². The van der Waals surface area contributed by atoms with Gasteiger partial charge in [-0.15, -0.1) is 0 Å². The summed E-state index contributed by atoms with van der Waals surface area (Å²) in [5.74, 6) is 1.52. The van der Waals surface area contributed by atoms with Crippen molar-refractivity contribution in [3.05, 3.63) is 173 Å². The Morgan fingerprint density at radius 2 is 0.914 bits per heavy atom. The zero-order valence-electron chi connectivity index (χ0n) is 32.3. The second-order valence-electron chi connectivity index (χ2n) is 14.2. The van der Waals surface area contributed by atoms with Gasteiger partial charge in [0.25, 0.3) is 0 Å². The van der Waals surface area contributed by atoms with Crippen LogP contribution in [0, 0.1) is 20.8 Å². The molecule has 8 heteroatoms. The van der Waals surface area contributed by atoms with Crippen LogP contribution in [-0.4, -0.2) is 28.0 Å². The van der Waals surface area contributed by atoms with Gasteiger partial charge in [-0.25, -0.2) is 19.7 Å². The lowest BCUT2D eigenvalue weighted by Crippen LogP contribution is -2.00. The summed E-state index contributed by atoms with van der Waals surface area (Å²) in [5, 5.41) is 2.11. The minimum atomic E-state index is -0.333. The Morgan fingerprint density at radius 3 is 1.36 bits per heavy atom. The zero-order valence-corrected chi connectivity index (χ0v) is 32.3. The third kappa shape index (κ3) is 7.27. The highest BCUT2D eigenvalue weighted by Crippen LogP contribution is 2.37. The van der Waals surface area contributed by atoms with E-state index in [2.05, 4.69) is 31.0 Å². The van der Waals surface area contributed by atoms with Crippen LogP contribution < -0.4 is 0 Å². The standard InChI is InChI=1S/C26H18N2O2.C24H19NO3/c1-15-7-11-23-21(13-15)27-25(29-23)19-9-10-20(18-6-4-3-5-17(18)19)26-28-22-14-16(2)8-12-24(22)30-26;1-16-3-14-22-21(15-16)25-23(28-22)19-10-6-17(7-11-19)4-5-18-8-12-20(13-9-18)24(26)27-2/h3-14H,1-2H3;3-15H,1-2H3. The number of ether oxygens (including phenoxy) is 1. The monoisotopic (exact) mass is 759 g/mol. The van der Waals surface area contributed by atoms with Crippen molar-refractivity contribution in [3.8, 4) is 34.4 Å². The number of carbonyl (C=O) groups is 1. The van der Waals surface area contributed by atoms with Crippen LogP contribution in [0.2, 0.25) is 0 Å². The van der Waals surface area contributed by atoms with Gasteiger partial charge in [-0.1, -0.05) is 78.9 Å². The highest BCUT2D eigenvalue weighted by atomic mass is 16.5. The molecule has 10 aromatic rings. The number of rotatable bonds is 6. The molecular formula is C50H37N3O5. The smallest absolute Gasteiger partial charge is 0.337 e. The summed E-state index contributed by atoms with van der Waals surface area (Å²) < 4.78 is 22.7. The summed E-state index contributed by atoms with van der Waals surface area (Å²) in [7, 11) is 1.38. The molecular weight excluding hydrogens is 723 g/mol. The SMILES string of the molecule is COC(=O)c1ccc(C=Cc2ccc(-c3nc4cc(C)ccc4o3)cc2)cc1.Cc1ccc2oc(-c3ccc(-c4nc5cc(C)ccc5o4)c4ccccc34)nc2c1. The number of hydrogen-bond donors (Lipinski definition) is 0. The largest absolute Gasteiger partial charge is 0.465 e. The second kappa shape index (κ2) is 15.2. The van der Waals surface area contributed by atoms with E-state index in [1.54, 1.807) is 12.1 Å². The first kappa shape index (κ1) is 36.1. The maximum atomic E-state index is 11.5. The normalized spacial score (nSPS) is 11.4. The number of carbonyl (C=O) groups excluding carboxylic acids is 1. The second-order valence-corrected chi connectivity index (χ2v) is 14.2. The summed E-state index contributed by atoms with van der Waals surface area (Å²) in [6.45, 7) is 6.15. The lowest BCUT2D eigenvalue weighted by atomic mass is 9.99. The third-order valence-electron chi connectivity index (χ3n) is 9.97. The Labute approximate surface area is 334 Å². The van der Waals surface area contributed by atoms with E-state index in [-0.39, 0.29) is 5.97 Å². The molecule has 0 atom stereocenters. The van der Waals surface area contributed by atoms with Crippen LogP contribution in [0.3, 0.4) is 0 Å². The first-order valence-corrected chi connectivity index (χ1v) is 18.9. The quantitative estimate of drug-likeness (QED) is 0.122. The molecule has 0 spiro atoms. The Kier molecular flexibility index (Phi) is 9.43. The van der Waals surface area contributed by atoms with Crippen molar-refractivity contribution in [2.75, 3.05) is 7.11 Å². The fraction of sp³-hybridized carbons (Fsp3) is 0.0800. The van der Waals surface area contributed by atoms with E-state index in [0.29, 0.717) is 23.2 Å². The average Bonchev–Trinajstić information content (AvgIpc) is 3.99. The lowest BCUT2D eigenvalue weighted by Gasteiger charge is -2.07. The molecule has 3 heterocycles. The van der Waals surface area contributed by atoms with Crippen molar-refractivity contribution >= 4 is 62.2 Å². The van der Waals surface area contributed by atoms with Gasteiger partial charge in [0.05, 0.1) is 12.7 Å². The Balaban J connectivity index is 0.000000151. The maximum Gasteiger partial charge on any atom is 0.337 e. The molecule has 0 N–H and O–H groups in total. The lowest BCUT2D eigenvalue weighted by molar-refractivity contribution is 0.0600. The molecule has 10 rings (SSSR count). The molecule has 0 unspecified atom stereocenters. The Bertz CT molecular complexity index is 3030. The first-order valence-electron chi connectivity index (χ1n) is 18.9. The molecule has 8 nitrogen and oxygen atoms in total. The molecule has 282 valence electrons. The van der Waals surface area contributed by atoms with Crippen molar-refractivity contribution in [2.24, 2.45) is 0 Å². The molecule has 0 fully saturated rings. The molecule has 7 aromatic carbocycles. The number of fused-ring (bicyclic) bond motifs is 4. The van der Waals surface area contributed by atoms with Crippen LogP contribution in [-0.2, 0) is 4.74 Å². The highest BCUT2D eigenvalue weighted by molar-refractivity contribution is 6.03.